The maximum Gasteiger partial charge on any atom is 0.389 e. The van der Waals surface area contributed by atoms with Gasteiger partial charge in [-0.25, -0.2) is 4.98 Å². The third-order valence-electron chi connectivity index (χ3n) is 5.84. The maximum atomic E-state index is 12.7. The number of hydrogen-bond acceptors (Lipinski definition) is 3. The Labute approximate surface area is 178 Å². The minimum Gasteiger partial charge on any atom is -0.300 e. The maximum absolute atomic E-state index is 12.7. The number of hydrogen-bond donors (Lipinski definition) is 0. The van der Waals surface area contributed by atoms with Gasteiger partial charge in [0.1, 0.15) is 11.4 Å². The van der Waals surface area contributed by atoms with Crippen molar-refractivity contribution >= 4 is 17.2 Å². The first-order valence-corrected chi connectivity index (χ1v) is 10.5. The number of alkyl halides is 3. The van der Waals surface area contributed by atoms with Crippen molar-refractivity contribution in [2.75, 3.05) is 0 Å². The van der Waals surface area contributed by atoms with Crippen LogP contribution < -0.4 is 0 Å². The molecule has 0 aliphatic heterocycles. The van der Waals surface area contributed by atoms with Gasteiger partial charge >= 0.3 is 6.18 Å². The molecule has 1 aliphatic rings. The van der Waals surface area contributed by atoms with Gasteiger partial charge in [-0.1, -0.05) is 31.0 Å². The second-order valence-corrected chi connectivity index (χ2v) is 8.16. The zero-order chi connectivity index (χ0) is 22.0. The topological polar surface area (TPSA) is 51.4 Å². The smallest absolute Gasteiger partial charge is 0.300 e. The molecule has 0 N–H and O–H groups in total. The SMILES string of the molecule is O=C(CCC(F)(F)F)Cc1cccc(-c2cnc3cc(C(=O)C4CCCC4)ccn23)c1. The molecule has 4 rings (SSSR count). The van der Waals surface area contributed by atoms with E-state index in [1.165, 1.54) is 0 Å². The number of nitrogens with zero attached hydrogens (tertiary/aromatic N) is 2. The van der Waals surface area contributed by atoms with Gasteiger partial charge in [-0.3, -0.25) is 14.0 Å². The van der Waals surface area contributed by atoms with Crippen LogP contribution in [-0.2, 0) is 11.2 Å². The summed E-state index contributed by atoms with van der Waals surface area (Å²) in [5.74, 6) is -0.171. The number of ketones is 2. The van der Waals surface area contributed by atoms with Gasteiger partial charge in [-0.15, -0.1) is 0 Å². The molecule has 0 spiro atoms. The summed E-state index contributed by atoms with van der Waals surface area (Å²) in [6.07, 6.45) is 1.62. The van der Waals surface area contributed by atoms with Crippen LogP contribution in [0.3, 0.4) is 0 Å². The summed E-state index contributed by atoms with van der Waals surface area (Å²) in [6.45, 7) is 0. The highest BCUT2D eigenvalue weighted by Gasteiger charge is 2.28. The molecule has 162 valence electrons. The first-order chi connectivity index (χ1) is 14.8. The van der Waals surface area contributed by atoms with Gasteiger partial charge in [0, 0.05) is 36.1 Å². The number of imidazole rings is 1. The molecular weight excluding hydrogens is 405 g/mol. The predicted molar refractivity (Wildman–Crippen MR) is 111 cm³/mol. The third-order valence-corrected chi connectivity index (χ3v) is 5.84. The lowest BCUT2D eigenvalue weighted by molar-refractivity contribution is -0.143. The Morgan fingerprint density at radius 1 is 1.10 bits per heavy atom. The molecule has 0 radical (unpaired) electrons. The van der Waals surface area contributed by atoms with E-state index in [2.05, 4.69) is 4.98 Å². The fourth-order valence-electron chi connectivity index (χ4n) is 4.21. The Kier molecular flexibility index (Phi) is 5.94. The van der Waals surface area contributed by atoms with E-state index >= 15 is 0 Å². The average Bonchev–Trinajstić information content (AvgIpc) is 3.41. The zero-order valence-electron chi connectivity index (χ0n) is 17.0. The molecule has 1 fully saturated rings. The number of rotatable bonds is 7. The van der Waals surface area contributed by atoms with E-state index in [0.29, 0.717) is 16.8 Å². The predicted octanol–water partition coefficient (Wildman–Crippen LogP) is 5.83. The highest BCUT2D eigenvalue weighted by molar-refractivity contribution is 5.98. The molecular formula is C24H23F3N2O2. The van der Waals surface area contributed by atoms with Crippen LogP contribution in [-0.4, -0.2) is 27.1 Å². The monoisotopic (exact) mass is 428 g/mol. The zero-order valence-corrected chi connectivity index (χ0v) is 17.0. The molecule has 3 aromatic rings. The number of halogens is 3. The minimum absolute atomic E-state index is 0.0410. The number of fused-ring (bicyclic) bond motifs is 1. The van der Waals surface area contributed by atoms with Crippen LogP contribution in [0.1, 0.15) is 54.4 Å². The van der Waals surface area contributed by atoms with E-state index in [1.54, 1.807) is 30.5 Å². The summed E-state index contributed by atoms with van der Waals surface area (Å²) in [5, 5.41) is 0. The number of benzene rings is 1. The number of carbonyl (C=O) groups is 2. The molecule has 7 heteroatoms. The molecule has 0 unspecified atom stereocenters. The van der Waals surface area contributed by atoms with Crippen molar-refractivity contribution < 1.29 is 22.8 Å². The van der Waals surface area contributed by atoms with Crippen LogP contribution in [0.2, 0.25) is 0 Å². The number of aromatic nitrogens is 2. The molecule has 0 atom stereocenters. The highest BCUT2D eigenvalue weighted by Crippen LogP contribution is 2.29. The van der Waals surface area contributed by atoms with Crippen LogP contribution in [0.4, 0.5) is 13.2 Å². The van der Waals surface area contributed by atoms with Crippen molar-refractivity contribution in [3.05, 3.63) is 59.9 Å². The Morgan fingerprint density at radius 3 is 2.61 bits per heavy atom. The number of Topliss-reactive ketones (excluding diaryl/α,β-unsaturated/α-hetero) is 2. The molecule has 0 bridgehead atoms. The Balaban J connectivity index is 1.53. The van der Waals surface area contributed by atoms with E-state index in [0.717, 1.165) is 36.9 Å². The summed E-state index contributed by atoms with van der Waals surface area (Å²) >= 11 is 0. The summed E-state index contributed by atoms with van der Waals surface area (Å²) in [4.78, 5) is 29.1. The van der Waals surface area contributed by atoms with Gasteiger partial charge < -0.3 is 0 Å². The van der Waals surface area contributed by atoms with Crippen molar-refractivity contribution in [3.63, 3.8) is 0 Å². The van der Waals surface area contributed by atoms with E-state index in [9.17, 15) is 22.8 Å². The number of carbonyl (C=O) groups excluding carboxylic acids is 2. The fourth-order valence-corrected chi connectivity index (χ4v) is 4.21. The normalized spacial score (nSPS) is 14.9. The Morgan fingerprint density at radius 2 is 1.87 bits per heavy atom. The van der Waals surface area contributed by atoms with Crippen LogP contribution in [0, 0.1) is 5.92 Å². The van der Waals surface area contributed by atoms with E-state index in [1.807, 2.05) is 22.7 Å². The summed E-state index contributed by atoms with van der Waals surface area (Å²) in [5.41, 5.74) is 3.58. The lowest BCUT2D eigenvalue weighted by atomic mass is 9.97. The van der Waals surface area contributed by atoms with Gasteiger partial charge in [0.15, 0.2) is 5.78 Å². The summed E-state index contributed by atoms with van der Waals surface area (Å²) < 4.78 is 38.9. The Hall–Kier alpha value is -2.96. The van der Waals surface area contributed by atoms with Gasteiger partial charge in [0.05, 0.1) is 18.3 Å². The van der Waals surface area contributed by atoms with E-state index in [-0.39, 0.29) is 18.1 Å². The van der Waals surface area contributed by atoms with Crippen molar-refractivity contribution in [2.24, 2.45) is 5.92 Å². The fraction of sp³-hybridized carbons (Fsp3) is 0.375. The summed E-state index contributed by atoms with van der Waals surface area (Å²) in [6, 6.07) is 10.8. The van der Waals surface area contributed by atoms with Crippen LogP contribution in [0.5, 0.6) is 0 Å². The quantitative estimate of drug-likeness (QED) is 0.445. The standard InChI is InChI=1S/C24H23F3N2O2/c25-24(26,27)10-8-20(30)13-16-4-3-7-18(12-16)21-15-28-22-14-19(9-11-29(21)22)23(31)17-5-1-2-6-17/h3-4,7,9,11-12,14-15,17H,1-2,5-6,8,10,13H2. The van der Waals surface area contributed by atoms with Crippen molar-refractivity contribution in [3.8, 4) is 11.3 Å². The molecule has 2 heterocycles. The molecule has 0 saturated heterocycles. The Bertz CT molecular complexity index is 1110. The van der Waals surface area contributed by atoms with Crippen molar-refractivity contribution in [1.82, 2.24) is 9.38 Å². The first kappa shape index (κ1) is 21.3. The summed E-state index contributed by atoms with van der Waals surface area (Å²) in [7, 11) is 0. The van der Waals surface area contributed by atoms with E-state index < -0.39 is 24.8 Å². The van der Waals surface area contributed by atoms with Crippen LogP contribution in [0.15, 0.2) is 48.8 Å². The van der Waals surface area contributed by atoms with Gasteiger partial charge in [-0.2, -0.15) is 13.2 Å². The second kappa shape index (κ2) is 8.65. The van der Waals surface area contributed by atoms with Gasteiger partial charge in [0.25, 0.3) is 0 Å². The van der Waals surface area contributed by atoms with Crippen molar-refractivity contribution in [2.45, 2.75) is 51.1 Å². The molecule has 2 aromatic heterocycles. The number of pyridine rings is 1. The van der Waals surface area contributed by atoms with Gasteiger partial charge in [-0.05, 0) is 36.6 Å². The third kappa shape index (κ3) is 5.03. The van der Waals surface area contributed by atoms with Gasteiger partial charge in [0.2, 0.25) is 0 Å². The lowest BCUT2D eigenvalue weighted by Crippen LogP contribution is -2.12. The lowest BCUT2D eigenvalue weighted by Gasteiger charge is -2.09. The van der Waals surface area contributed by atoms with Crippen LogP contribution >= 0.6 is 0 Å². The average molecular weight is 428 g/mol. The first-order valence-electron chi connectivity index (χ1n) is 10.5. The molecule has 1 aliphatic carbocycles. The molecule has 0 amide bonds. The molecule has 31 heavy (non-hydrogen) atoms. The second-order valence-electron chi connectivity index (χ2n) is 8.16. The van der Waals surface area contributed by atoms with E-state index in [4.69, 9.17) is 0 Å². The molecule has 1 aromatic carbocycles. The molecule has 4 nitrogen and oxygen atoms in total. The highest BCUT2D eigenvalue weighted by atomic mass is 19.4. The van der Waals surface area contributed by atoms with Crippen molar-refractivity contribution in [1.29, 1.82) is 0 Å². The largest absolute Gasteiger partial charge is 0.389 e. The van der Waals surface area contributed by atoms with Crippen LogP contribution in [0.25, 0.3) is 16.9 Å². The minimum atomic E-state index is -4.33. The molecule has 1 saturated carbocycles.